The molecule has 0 aliphatic heterocycles. The van der Waals surface area contributed by atoms with Crippen LogP contribution in [0.15, 0.2) is 30.3 Å². The van der Waals surface area contributed by atoms with Gasteiger partial charge in [0.15, 0.2) is 5.78 Å². The van der Waals surface area contributed by atoms with Crippen molar-refractivity contribution in [2.75, 3.05) is 0 Å². The molecule has 0 unspecified atom stereocenters. The summed E-state index contributed by atoms with van der Waals surface area (Å²) in [6.45, 7) is 5.31. The lowest BCUT2D eigenvalue weighted by atomic mass is 9.76. The average molecular weight is 314 g/mol. The van der Waals surface area contributed by atoms with E-state index in [0.29, 0.717) is 19.3 Å². The predicted molar refractivity (Wildman–Crippen MR) is 85.5 cm³/mol. The minimum absolute atomic E-state index is 0.120. The number of rotatable bonds is 3. The molecule has 2 atom stereocenters. The van der Waals surface area contributed by atoms with E-state index in [4.69, 9.17) is 4.74 Å². The van der Waals surface area contributed by atoms with Crippen LogP contribution >= 0.6 is 0 Å². The molecule has 1 fully saturated rings. The van der Waals surface area contributed by atoms with Crippen LogP contribution in [0.1, 0.15) is 51.6 Å². The number of amides is 1. The lowest BCUT2D eigenvalue weighted by molar-refractivity contribution is -0.124. The van der Waals surface area contributed by atoms with Gasteiger partial charge in [-0.05, 0) is 39.2 Å². The van der Waals surface area contributed by atoms with Crippen molar-refractivity contribution in [2.45, 2.75) is 51.7 Å². The van der Waals surface area contributed by atoms with E-state index >= 15 is 0 Å². The van der Waals surface area contributed by atoms with E-state index in [9.17, 15) is 14.9 Å². The summed E-state index contributed by atoms with van der Waals surface area (Å²) in [5.74, 6) is -0.120. The Balaban J connectivity index is 2.36. The number of carbonyl (C=O) groups is 2. The van der Waals surface area contributed by atoms with Crippen LogP contribution in [0.2, 0.25) is 0 Å². The predicted octanol–water partition coefficient (Wildman–Crippen LogP) is 3.52. The number of nitrogens with zero attached hydrogens (tertiary/aromatic N) is 1. The second-order valence-electron chi connectivity index (χ2n) is 6.85. The van der Waals surface area contributed by atoms with Crippen LogP contribution in [0, 0.1) is 16.7 Å². The van der Waals surface area contributed by atoms with Crippen molar-refractivity contribution in [3.63, 3.8) is 0 Å². The fraction of sp³-hybridized carbons (Fsp3) is 0.500. The number of hydrogen-bond donors (Lipinski definition) is 1. The Hall–Kier alpha value is -2.35. The second-order valence-corrected chi connectivity index (χ2v) is 6.85. The molecule has 0 saturated heterocycles. The van der Waals surface area contributed by atoms with Gasteiger partial charge < -0.3 is 10.1 Å². The summed E-state index contributed by atoms with van der Waals surface area (Å²) in [4.78, 5) is 24.6. The number of benzene rings is 1. The highest BCUT2D eigenvalue weighted by atomic mass is 16.6. The zero-order valence-electron chi connectivity index (χ0n) is 13.8. The number of ketones is 1. The van der Waals surface area contributed by atoms with Crippen LogP contribution in [0.5, 0.6) is 0 Å². The van der Waals surface area contributed by atoms with E-state index in [1.54, 1.807) is 20.8 Å². The van der Waals surface area contributed by atoms with Gasteiger partial charge in [-0.15, -0.1) is 0 Å². The molecule has 1 aromatic carbocycles. The molecule has 0 spiro atoms. The molecular formula is C18H22N2O3. The summed E-state index contributed by atoms with van der Waals surface area (Å²) >= 11 is 0. The number of hydrogen-bond acceptors (Lipinski definition) is 4. The maximum atomic E-state index is 12.4. The molecule has 0 radical (unpaired) electrons. The molecule has 122 valence electrons. The monoisotopic (exact) mass is 314 g/mol. The lowest BCUT2D eigenvalue weighted by Crippen LogP contribution is -2.44. The molecule has 1 aliphatic carbocycles. The van der Waals surface area contributed by atoms with Crippen molar-refractivity contribution in [1.29, 1.82) is 5.26 Å². The second kappa shape index (κ2) is 6.41. The Morgan fingerprint density at radius 2 is 2.00 bits per heavy atom. The van der Waals surface area contributed by atoms with Crippen molar-refractivity contribution < 1.29 is 14.3 Å². The maximum absolute atomic E-state index is 12.4. The molecule has 2 rings (SSSR count). The number of alkyl carbamates (subject to hydrolysis) is 1. The van der Waals surface area contributed by atoms with Crippen LogP contribution < -0.4 is 5.32 Å². The van der Waals surface area contributed by atoms with E-state index in [0.717, 1.165) is 5.56 Å². The van der Waals surface area contributed by atoms with Gasteiger partial charge in [-0.3, -0.25) is 4.79 Å². The maximum Gasteiger partial charge on any atom is 0.408 e. The molecule has 5 nitrogen and oxygen atoms in total. The highest BCUT2D eigenvalue weighted by Crippen LogP contribution is 2.44. The molecule has 1 N–H and O–H groups in total. The Morgan fingerprint density at radius 3 is 2.48 bits per heavy atom. The van der Waals surface area contributed by atoms with Crippen LogP contribution in [0.4, 0.5) is 4.79 Å². The largest absolute Gasteiger partial charge is 0.444 e. The summed E-state index contributed by atoms with van der Waals surface area (Å²) in [5.41, 5.74) is -1.14. The van der Waals surface area contributed by atoms with Gasteiger partial charge in [0, 0.05) is 6.42 Å². The number of carbonyl (C=O) groups excluding carboxylic acids is 2. The molecule has 1 saturated carbocycles. The smallest absolute Gasteiger partial charge is 0.408 e. The van der Waals surface area contributed by atoms with Gasteiger partial charge in [0.2, 0.25) is 0 Å². The van der Waals surface area contributed by atoms with Crippen LogP contribution in [0.3, 0.4) is 0 Å². The van der Waals surface area contributed by atoms with Gasteiger partial charge in [-0.2, -0.15) is 5.26 Å². The molecule has 0 bridgehead atoms. The van der Waals surface area contributed by atoms with Gasteiger partial charge in [0.05, 0.1) is 12.1 Å². The van der Waals surface area contributed by atoms with Crippen molar-refractivity contribution in [2.24, 2.45) is 5.41 Å². The lowest BCUT2D eigenvalue weighted by Gasteiger charge is -2.32. The minimum Gasteiger partial charge on any atom is -0.444 e. The average Bonchev–Trinajstić information content (AvgIpc) is 2.86. The van der Waals surface area contributed by atoms with Gasteiger partial charge in [0.25, 0.3) is 0 Å². The Labute approximate surface area is 136 Å². The van der Waals surface area contributed by atoms with Crippen molar-refractivity contribution in [3.8, 4) is 6.07 Å². The standard InChI is InChI=1S/C18H22N2O3/c1-17(2,3)23-16(22)20-15(13-8-5-4-6-9-13)18(12-19)11-7-10-14(18)21/h4-6,8-9,15H,7,10-11H2,1-3H3,(H,20,22)/t15-,18-/m1/s1. The fourth-order valence-electron chi connectivity index (χ4n) is 2.94. The summed E-state index contributed by atoms with van der Waals surface area (Å²) in [7, 11) is 0. The first kappa shape index (κ1) is 17.0. The quantitative estimate of drug-likeness (QED) is 0.925. The first-order valence-corrected chi connectivity index (χ1v) is 7.77. The fourth-order valence-corrected chi connectivity index (χ4v) is 2.94. The topological polar surface area (TPSA) is 79.2 Å². The molecular weight excluding hydrogens is 292 g/mol. The van der Waals surface area contributed by atoms with E-state index in [1.807, 2.05) is 30.3 Å². The molecule has 1 aliphatic rings. The first-order chi connectivity index (χ1) is 10.8. The summed E-state index contributed by atoms with van der Waals surface area (Å²) in [5, 5.41) is 12.5. The molecule has 0 heterocycles. The third-order valence-electron chi connectivity index (χ3n) is 3.96. The molecule has 0 aromatic heterocycles. The van der Waals surface area contributed by atoms with Gasteiger partial charge >= 0.3 is 6.09 Å². The van der Waals surface area contributed by atoms with Gasteiger partial charge in [-0.1, -0.05) is 30.3 Å². The third kappa shape index (κ3) is 3.70. The van der Waals surface area contributed by atoms with Crippen molar-refractivity contribution in [1.82, 2.24) is 5.32 Å². The van der Waals surface area contributed by atoms with E-state index < -0.39 is 23.2 Å². The van der Waals surface area contributed by atoms with Gasteiger partial charge in [-0.25, -0.2) is 4.79 Å². The van der Waals surface area contributed by atoms with Crippen molar-refractivity contribution in [3.05, 3.63) is 35.9 Å². The number of Topliss-reactive ketones (excluding diaryl/α,β-unsaturated/α-hetero) is 1. The third-order valence-corrected chi connectivity index (χ3v) is 3.96. The number of nitrogens with one attached hydrogen (secondary N) is 1. The minimum atomic E-state index is -1.22. The molecule has 1 aromatic rings. The van der Waals surface area contributed by atoms with Crippen LogP contribution in [-0.2, 0) is 9.53 Å². The first-order valence-electron chi connectivity index (χ1n) is 7.77. The van der Waals surface area contributed by atoms with E-state index in [1.165, 1.54) is 0 Å². The van der Waals surface area contributed by atoms with Crippen molar-refractivity contribution >= 4 is 11.9 Å². The molecule has 23 heavy (non-hydrogen) atoms. The van der Waals surface area contributed by atoms with E-state index in [2.05, 4.69) is 11.4 Å². The zero-order valence-corrected chi connectivity index (χ0v) is 13.8. The molecule has 5 heteroatoms. The Morgan fingerprint density at radius 1 is 1.35 bits per heavy atom. The highest BCUT2D eigenvalue weighted by molar-refractivity contribution is 5.91. The van der Waals surface area contributed by atoms with Gasteiger partial charge in [0.1, 0.15) is 11.0 Å². The molecule has 1 amide bonds. The van der Waals surface area contributed by atoms with Crippen LogP contribution in [-0.4, -0.2) is 17.5 Å². The normalized spacial score (nSPS) is 22.3. The SMILES string of the molecule is CC(C)(C)OC(=O)N[C@H](c1ccccc1)[C@@]1(C#N)CCCC1=O. The number of ether oxygens (including phenoxy) is 1. The summed E-state index contributed by atoms with van der Waals surface area (Å²) < 4.78 is 5.30. The zero-order chi connectivity index (χ0) is 17.1. The van der Waals surface area contributed by atoms with Crippen LogP contribution in [0.25, 0.3) is 0 Å². The summed E-state index contributed by atoms with van der Waals surface area (Å²) in [6.07, 6.45) is 0.844. The Bertz CT molecular complexity index is 628. The number of nitriles is 1. The highest BCUT2D eigenvalue weighted by Gasteiger charge is 2.50. The Kier molecular flexibility index (Phi) is 4.74. The van der Waals surface area contributed by atoms with E-state index in [-0.39, 0.29) is 5.78 Å². The summed E-state index contributed by atoms with van der Waals surface area (Å²) in [6, 6.07) is 10.6.